The zero-order valence-corrected chi connectivity index (χ0v) is 19.3. The van der Waals surface area contributed by atoms with Gasteiger partial charge in [-0.05, 0) is 100.0 Å². The number of morpholine rings is 1. The Morgan fingerprint density at radius 3 is 2.34 bits per heavy atom. The topological polar surface area (TPSA) is 35.9 Å². The lowest BCUT2D eigenvalue weighted by atomic mass is 9.45. The van der Waals surface area contributed by atoms with E-state index in [0.717, 1.165) is 50.1 Å². The quantitative estimate of drug-likeness (QED) is 0.762. The zero-order chi connectivity index (χ0) is 20.4. The minimum atomic E-state index is -0.151. The first kappa shape index (κ1) is 20.7. The van der Waals surface area contributed by atoms with E-state index in [2.05, 4.69) is 37.7 Å². The number of nitrogens with zero attached hydrogens (tertiary/aromatic N) is 2. The average molecular weight is 405 g/mol. The molecule has 0 aromatic heterocycles. The molecule has 1 heterocycles. The highest BCUT2D eigenvalue weighted by atomic mass is 16.5. The average Bonchev–Trinajstić information content (AvgIpc) is 2.99. The van der Waals surface area contributed by atoms with Gasteiger partial charge in [0, 0.05) is 25.2 Å². The fraction of sp³-hybridized carbons (Fsp3) is 1.00. The third-order valence-corrected chi connectivity index (χ3v) is 10.9. The van der Waals surface area contributed by atoms with Crippen LogP contribution in [0.5, 0.6) is 0 Å². The van der Waals surface area contributed by atoms with E-state index in [1.54, 1.807) is 0 Å². The van der Waals surface area contributed by atoms with Crippen molar-refractivity contribution in [1.29, 1.82) is 0 Å². The summed E-state index contributed by atoms with van der Waals surface area (Å²) in [5.74, 6) is 3.36. The molecule has 4 aliphatic carbocycles. The molecule has 1 N–H and O–H groups in total. The Labute approximate surface area is 178 Å². The molecule has 0 radical (unpaired) electrons. The molecule has 5 fully saturated rings. The van der Waals surface area contributed by atoms with Crippen LogP contribution in [0.15, 0.2) is 0 Å². The normalized spacial score (nSPS) is 53.4. The van der Waals surface area contributed by atoms with Crippen molar-refractivity contribution in [3.05, 3.63) is 0 Å². The number of hydrogen-bond acceptors (Lipinski definition) is 4. The highest BCUT2D eigenvalue weighted by molar-refractivity contribution is 5.13. The first-order valence-corrected chi connectivity index (χ1v) is 12.5. The van der Waals surface area contributed by atoms with E-state index in [1.807, 2.05) is 0 Å². The van der Waals surface area contributed by atoms with Crippen molar-refractivity contribution in [3.63, 3.8) is 0 Å². The van der Waals surface area contributed by atoms with Gasteiger partial charge >= 0.3 is 0 Å². The van der Waals surface area contributed by atoms with E-state index in [9.17, 15) is 5.11 Å². The fourth-order valence-corrected chi connectivity index (χ4v) is 8.95. The summed E-state index contributed by atoms with van der Waals surface area (Å²) in [5, 5.41) is 11.5. The van der Waals surface area contributed by atoms with Gasteiger partial charge in [0.25, 0.3) is 0 Å². The lowest BCUT2D eigenvalue weighted by molar-refractivity contribution is -0.129. The molecule has 0 unspecified atom stereocenters. The van der Waals surface area contributed by atoms with Gasteiger partial charge in [-0.2, -0.15) is 0 Å². The summed E-state index contributed by atoms with van der Waals surface area (Å²) in [4.78, 5) is 5.03. The van der Waals surface area contributed by atoms with Gasteiger partial charge in [-0.1, -0.05) is 13.8 Å². The van der Waals surface area contributed by atoms with Gasteiger partial charge in [0.15, 0.2) is 0 Å². The van der Waals surface area contributed by atoms with Crippen LogP contribution < -0.4 is 0 Å². The molecule has 0 bridgehead atoms. The lowest BCUT2D eigenvalue weighted by Crippen LogP contribution is -2.55. The van der Waals surface area contributed by atoms with Crippen molar-refractivity contribution < 1.29 is 9.84 Å². The van der Waals surface area contributed by atoms with Gasteiger partial charge in [0.05, 0.1) is 19.3 Å². The molecule has 0 aromatic rings. The monoisotopic (exact) mass is 404 g/mol. The Bertz CT molecular complexity index is 606. The fourth-order valence-electron chi connectivity index (χ4n) is 8.95. The third-order valence-electron chi connectivity index (χ3n) is 10.9. The van der Waals surface area contributed by atoms with Crippen molar-refractivity contribution in [2.45, 2.75) is 83.4 Å². The molecule has 4 heteroatoms. The first-order valence-electron chi connectivity index (χ1n) is 12.5. The summed E-state index contributed by atoms with van der Waals surface area (Å²) in [6.45, 7) is 8.78. The van der Waals surface area contributed by atoms with Crippen LogP contribution in [-0.2, 0) is 4.74 Å². The molecule has 29 heavy (non-hydrogen) atoms. The molecule has 0 amide bonds. The SMILES string of the molecule is CN(C)[C@H]1CC[C@@]2(C)[C@@H](CC[C@@H]3[C@@H]2CC[C@]2(C)[C@@H](O)[C@@H](N4CCOCC4)C[C@@H]32)C1. The maximum absolute atomic E-state index is 11.5. The summed E-state index contributed by atoms with van der Waals surface area (Å²) in [6.07, 6.45) is 10.7. The van der Waals surface area contributed by atoms with Crippen molar-refractivity contribution in [1.82, 2.24) is 9.80 Å². The first-order chi connectivity index (χ1) is 13.8. The van der Waals surface area contributed by atoms with Crippen LogP contribution in [0.2, 0.25) is 0 Å². The van der Waals surface area contributed by atoms with Crippen molar-refractivity contribution in [3.8, 4) is 0 Å². The van der Waals surface area contributed by atoms with Gasteiger partial charge in [0.2, 0.25) is 0 Å². The third kappa shape index (κ3) is 3.15. The molecular formula is C25H44N2O2. The molecule has 1 aliphatic heterocycles. The largest absolute Gasteiger partial charge is 0.391 e. The molecule has 9 atom stereocenters. The Morgan fingerprint density at radius 1 is 0.897 bits per heavy atom. The van der Waals surface area contributed by atoms with Crippen LogP contribution in [0.3, 0.4) is 0 Å². The van der Waals surface area contributed by atoms with Crippen LogP contribution in [0, 0.1) is 34.5 Å². The number of aliphatic hydroxyl groups is 1. The van der Waals surface area contributed by atoms with E-state index in [0.29, 0.717) is 17.4 Å². The number of ether oxygens (including phenoxy) is 1. The van der Waals surface area contributed by atoms with E-state index >= 15 is 0 Å². The highest BCUT2D eigenvalue weighted by Crippen LogP contribution is 2.66. The van der Waals surface area contributed by atoms with Gasteiger partial charge < -0.3 is 14.7 Å². The Balaban J connectivity index is 1.36. The van der Waals surface area contributed by atoms with Crippen LogP contribution in [0.4, 0.5) is 0 Å². The Morgan fingerprint density at radius 2 is 1.62 bits per heavy atom. The predicted molar refractivity (Wildman–Crippen MR) is 117 cm³/mol. The van der Waals surface area contributed by atoms with Gasteiger partial charge in [-0.25, -0.2) is 0 Å². The predicted octanol–water partition coefficient (Wildman–Crippen LogP) is 3.63. The van der Waals surface area contributed by atoms with Crippen LogP contribution in [0.1, 0.15) is 65.2 Å². The van der Waals surface area contributed by atoms with Crippen molar-refractivity contribution >= 4 is 0 Å². The van der Waals surface area contributed by atoms with Crippen LogP contribution in [0.25, 0.3) is 0 Å². The summed E-state index contributed by atoms with van der Waals surface area (Å²) >= 11 is 0. The van der Waals surface area contributed by atoms with Gasteiger partial charge in [-0.15, -0.1) is 0 Å². The number of fused-ring (bicyclic) bond motifs is 5. The molecule has 5 aliphatic rings. The Hall–Kier alpha value is -0.160. The highest BCUT2D eigenvalue weighted by Gasteiger charge is 2.62. The maximum atomic E-state index is 11.5. The standard InChI is InChI=1S/C25H44N2O2/c1-24-9-7-18(26(3)4)15-17(24)5-6-19-20(24)8-10-25(2)21(19)16-22(23(25)28)27-11-13-29-14-12-27/h17-23,28H,5-16H2,1-4H3/t17-,18-,19+,20-,21-,22-,23-,24-,25-/m0/s1. The van der Waals surface area contributed by atoms with E-state index in [1.165, 1.54) is 51.4 Å². The second-order valence-electron chi connectivity index (χ2n) is 12.0. The molecule has 5 rings (SSSR count). The molecule has 0 aromatic carbocycles. The molecule has 0 spiro atoms. The molecule has 4 nitrogen and oxygen atoms in total. The summed E-state index contributed by atoms with van der Waals surface area (Å²) < 4.78 is 5.60. The lowest BCUT2D eigenvalue weighted by Gasteiger charge is -2.61. The van der Waals surface area contributed by atoms with Crippen molar-refractivity contribution in [2.24, 2.45) is 34.5 Å². The smallest absolute Gasteiger partial charge is 0.0751 e. The van der Waals surface area contributed by atoms with Crippen molar-refractivity contribution in [2.75, 3.05) is 40.4 Å². The van der Waals surface area contributed by atoms with E-state index < -0.39 is 0 Å². The Kier molecular flexibility index (Phi) is 5.33. The summed E-state index contributed by atoms with van der Waals surface area (Å²) in [5.41, 5.74) is 0.674. The molecule has 166 valence electrons. The summed E-state index contributed by atoms with van der Waals surface area (Å²) in [7, 11) is 4.55. The van der Waals surface area contributed by atoms with Crippen LogP contribution in [-0.4, -0.2) is 73.5 Å². The van der Waals surface area contributed by atoms with Crippen LogP contribution >= 0.6 is 0 Å². The number of hydrogen-bond donors (Lipinski definition) is 1. The second-order valence-corrected chi connectivity index (χ2v) is 12.0. The molecular weight excluding hydrogens is 360 g/mol. The van der Waals surface area contributed by atoms with Gasteiger partial charge in [-0.3, -0.25) is 4.90 Å². The minimum Gasteiger partial charge on any atom is -0.391 e. The molecule has 4 saturated carbocycles. The minimum absolute atomic E-state index is 0.133. The maximum Gasteiger partial charge on any atom is 0.0751 e. The number of rotatable bonds is 2. The molecule has 1 saturated heterocycles. The summed E-state index contributed by atoms with van der Waals surface area (Å²) in [6, 6.07) is 1.15. The van der Waals surface area contributed by atoms with E-state index in [4.69, 9.17) is 4.74 Å². The van der Waals surface area contributed by atoms with Gasteiger partial charge in [0.1, 0.15) is 0 Å². The zero-order valence-electron chi connectivity index (χ0n) is 19.3. The second kappa shape index (κ2) is 7.46. The van der Waals surface area contributed by atoms with E-state index in [-0.39, 0.29) is 11.5 Å². The number of aliphatic hydroxyl groups excluding tert-OH is 1.